The highest BCUT2D eigenvalue weighted by Gasteiger charge is 2.50. The van der Waals surface area contributed by atoms with Crippen molar-refractivity contribution in [2.45, 2.75) is 30.4 Å². The third kappa shape index (κ3) is 4.02. The Balaban J connectivity index is 1.46. The SMILES string of the molecule is Cc1ccc(S(=O)(=O)N2CCOC23CCN(C(=O)/C=C/c2cccs2)CC3)cc1. The van der Waals surface area contributed by atoms with E-state index in [0.717, 1.165) is 10.4 Å². The summed E-state index contributed by atoms with van der Waals surface area (Å²) in [7, 11) is -3.65. The summed E-state index contributed by atoms with van der Waals surface area (Å²) in [5.41, 5.74) is 0.150. The number of carbonyl (C=O) groups excluding carboxylic acids is 1. The van der Waals surface area contributed by atoms with Crippen LogP contribution in [0.2, 0.25) is 0 Å². The summed E-state index contributed by atoms with van der Waals surface area (Å²) in [6.07, 6.45) is 4.34. The van der Waals surface area contributed by atoms with Crippen molar-refractivity contribution in [3.63, 3.8) is 0 Å². The summed E-state index contributed by atoms with van der Waals surface area (Å²) in [6, 6.07) is 10.8. The molecule has 2 aromatic rings. The molecule has 2 aliphatic heterocycles. The van der Waals surface area contributed by atoms with Crippen LogP contribution in [0, 0.1) is 6.92 Å². The van der Waals surface area contributed by atoms with Crippen LogP contribution in [-0.4, -0.2) is 55.5 Å². The zero-order valence-corrected chi connectivity index (χ0v) is 17.9. The summed E-state index contributed by atoms with van der Waals surface area (Å²) in [5, 5.41) is 1.97. The molecule has 0 bridgehead atoms. The second-order valence-electron chi connectivity index (χ2n) is 7.36. The number of amides is 1. The molecule has 1 aromatic heterocycles. The maximum atomic E-state index is 13.2. The van der Waals surface area contributed by atoms with Gasteiger partial charge in [-0.1, -0.05) is 23.8 Å². The summed E-state index contributed by atoms with van der Waals surface area (Å²) in [5.74, 6) is -0.0563. The van der Waals surface area contributed by atoms with Crippen molar-refractivity contribution in [1.29, 1.82) is 0 Å². The number of hydrogen-bond donors (Lipinski definition) is 0. The first kappa shape index (κ1) is 20.3. The number of benzene rings is 1. The van der Waals surface area contributed by atoms with Gasteiger partial charge < -0.3 is 9.64 Å². The predicted molar refractivity (Wildman–Crippen MR) is 113 cm³/mol. The molecule has 1 amide bonds. The van der Waals surface area contributed by atoms with Crippen LogP contribution in [0.1, 0.15) is 23.3 Å². The van der Waals surface area contributed by atoms with E-state index in [0.29, 0.717) is 39.1 Å². The molecule has 0 atom stereocenters. The summed E-state index contributed by atoms with van der Waals surface area (Å²) < 4.78 is 33.9. The van der Waals surface area contributed by atoms with E-state index in [1.165, 1.54) is 4.31 Å². The molecular weight excluding hydrogens is 408 g/mol. The van der Waals surface area contributed by atoms with Crippen molar-refractivity contribution in [3.8, 4) is 0 Å². The fourth-order valence-corrected chi connectivity index (χ4v) is 6.23. The molecule has 2 saturated heterocycles. The molecule has 0 radical (unpaired) electrons. The monoisotopic (exact) mass is 432 g/mol. The lowest BCUT2D eigenvalue weighted by atomic mass is 10.0. The van der Waals surface area contributed by atoms with Crippen LogP contribution in [0.4, 0.5) is 0 Å². The van der Waals surface area contributed by atoms with Crippen molar-refractivity contribution in [2.24, 2.45) is 0 Å². The first-order valence-corrected chi connectivity index (χ1v) is 12.0. The lowest BCUT2D eigenvalue weighted by Crippen LogP contribution is -2.55. The number of hydrogen-bond acceptors (Lipinski definition) is 5. The first-order valence-electron chi connectivity index (χ1n) is 9.65. The molecule has 6 nitrogen and oxygen atoms in total. The van der Waals surface area contributed by atoms with Gasteiger partial charge in [0.15, 0.2) is 0 Å². The Labute approximate surface area is 175 Å². The van der Waals surface area contributed by atoms with Gasteiger partial charge in [0.1, 0.15) is 5.72 Å². The van der Waals surface area contributed by atoms with Gasteiger partial charge in [-0.2, -0.15) is 4.31 Å². The van der Waals surface area contributed by atoms with Crippen LogP contribution in [-0.2, 0) is 19.6 Å². The number of rotatable bonds is 4. The quantitative estimate of drug-likeness (QED) is 0.697. The molecule has 154 valence electrons. The van der Waals surface area contributed by atoms with Crippen molar-refractivity contribution < 1.29 is 17.9 Å². The minimum atomic E-state index is -3.65. The van der Waals surface area contributed by atoms with Crippen molar-refractivity contribution in [2.75, 3.05) is 26.2 Å². The van der Waals surface area contributed by atoms with Gasteiger partial charge in [-0.3, -0.25) is 4.79 Å². The van der Waals surface area contributed by atoms with Gasteiger partial charge in [0.05, 0.1) is 11.5 Å². The molecule has 0 aliphatic carbocycles. The molecule has 29 heavy (non-hydrogen) atoms. The second-order valence-corrected chi connectivity index (χ2v) is 10.2. The highest BCUT2D eigenvalue weighted by atomic mass is 32.2. The lowest BCUT2D eigenvalue weighted by molar-refractivity contribution is -0.135. The second kappa shape index (κ2) is 8.02. The number of carbonyl (C=O) groups is 1. The minimum Gasteiger partial charge on any atom is -0.358 e. The molecule has 3 heterocycles. The van der Waals surface area contributed by atoms with E-state index in [1.807, 2.05) is 30.5 Å². The number of likely N-dealkylation sites (tertiary alicyclic amines) is 1. The Morgan fingerprint density at radius 3 is 2.52 bits per heavy atom. The van der Waals surface area contributed by atoms with Crippen LogP contribution in [0.25, 0.3) is 6.08 Å². The molecule has 1 spiro atoms. The van der Waals surface area contributed by atoms with Crippen LogP contribution < -0.4 is 0 Å². The number of ether oxygens (including phenoxy) is 1. The van der Waals surface area contributed by atoms with E-state index in [4.69, 9.17) is 4.74 Å². The maximum Gasteiger partial charge on any atom is 0.246 e. The lowest BCUT2D eigenvalue weighted by Gasteiger charge is -2.42. The van der Waals surface area contributed by atoms with E-state index in [-0.39, 0.29) is 10.8 Å². The van der Waals surface area contributed by atoms with Crippen molar-refractivity contribution in [3.05, 3.63) is 58.3 Å². The minimum absolute atomic E-state index is 0.0563. The molecule has 8 heteroatoms. The zero-order valence-electron chi connectivity index (χ0n) is 16.3. The van der Waals surface area contributed by atoms with Crippen LogP contribution in [0.5, 0.6) is 0 Å². The highest BCUT2D eigenvalue weighted by Crippen LogP contribution is 2.38. The average Bonchev–Trinajstić information content (AvgIpc) is 3.37. The topological polar surface area (TPSA) is 66.9 Å². The predicted octanol–water partition coefficient (Wildman–Crippen LogP) is 3.11. The van der Waals surface area contributed by atoms with Crippen molar-refractivity contribution in [1.82, 2.24) is 9.21 Å². The van der Waals surface area contributed by atoms with Crippen molar-refractivity contribution >= 4 is 33.3 Å². The standard InChI is InChI=1S/C21H24N2O4S2/c1-17-4-7-19(8-5-17)29(25,26)23-14-15-27-21(23)10-12-22(13-11-21)20(24)9-6-18-3-2-16-28-18/h2-9,16H,10-15H2,1H3/b9-6+. The van der Waals surface area contributed by atoms with Gasteiger partial charge in [-0.25, -0.2) is 8.42 Å². The molecule has 1 aromatic carbocycles. The number of nitrogens with zero attached hydrogens (tertiary/aromatic N) is 2. The molecule has 0 unspecified atom stereocenters. The van der Waals surface area contributed by atoms with E-state index >= 15 is 0 Å². The Kier molecular flexibility index (Phi) is 5.61. The number of piperidine rings is 1. The highest BCUT2D eigenvalue weighted by molar-refractivity contribution is 7.89. The third-order valence-corrected chi connectivity index (χ3v) is 8.32. The van der Waals surface area contributed by atoms with Gasteiger partial charge in [0.2, 0.25) is 15.9 Å². The van der Waals surface area contributed by atoms with Gasteiger partial charge >= 0.3 is 0 Å². The smallest absolute Gasteiger partial charge is 0.246 e. The largest absolute Gasteiger partial charge is 0.358 e. The number of sulfonamides is 1. The molecule has 4 rings (SSSR count). The zero-order chi connectivity index (χ0) is 20.5. The normalized spacial score (nSPS) is 20.0. The summed E-state index contributed by atoms with van der Waals surface area (Å²) >= 11 is 1.58. The first-order chi connectivity index (χ1) is 13.9. The summed E-state index contributed by atoms with van der Waals surface area (Å²) in [6.45, 7) is 3.57. The average molecular weight is 433 g/mol. The van der Waals surface area contributed by atoms with Gasteiger partial charge in [0, 0.05) is 43.4 Å². The molecule has 2 aliphatic rings. The van der Waals surface area contributed by atoms with Crippen LogP contribution in [0.3, 0.4) is 0 Å². The Hall–Kier alpha value is -2.00. The fraction of sp³-hybridized carbons (Fsp3) is 0.381. The molecular formula is C21H24N2O4S2. The summed E-state index contributed by atoms with van der Waals surface area (Å²) in [4.78, 5) is 15.6. The van der Waals surface area contributed by atoms with Gasteiger partial charge in [-0.05, 0) is 36.6 Å². The maximum absolute atomic E-state index is 13.2. The van der Waals surface area contributed by atoms with Crippen LogP contribution in [0.15, 0.2) is 52.7 Å². The molecule has 0 N–H and O–H groups in total. The molecule has 2 fully saturated rings. The van der Waals surface area contributed by atoms with E-state index < -0.39 is 15.7 Å². The van der Waals surface area contributed by atoms with E-state index in [2.05, 4.69) is 0 Å². The van der Waals surface area contributed by atoms with E-state index in [1.54, 1.807) is 46.6 Å². The molecule has 0 saturated carbocycles. The van der Waals surface area contributed by atoms with Crippen LogP contribution >= 0.6 is 11.3 Å². The third-order valence-electron chi connectivity index (χ3n) is 5.52. The fourth-order valence-electron chi connectivity index (χ4n) is 3.89. The number of aryl methyl sites for hydroxylation is 1. The van der Waals surface area contributed by atoms with Gasteiger partial charge in [-0.15, -0.1) is 11.3 Å². The van der Waals surface area contributed by atoms with Gasteiger partial charge in [0.25, 0.3) is 0 Å². The number of thiophene rings is 1. The van der Waals surface area contributed by atoms with E-state index in [9.17, 15) is 13.2 Å². The Bertz CT molecular complexity index is 990. The Morgan fingerprint density at radius 1 is 1.14 bits per heavy atom. The Morgan fingerprint density at radius 2 is 1.86 bits per heavy atom.